The molecular weight excluding hydrogens is 206 g/mol. The molecule has 2 fully saturated rings. The lowest BCUT2D eigenvalue weighted by molar-refractivity contribution is 0.0364. The predicted octanol–water partition coefficient (Wildman–Crippen LogP) is 0.559. The number of aromatic nitrogens is 1. The highest BCUT2D eigenvalue weighted by Crippen LogP contribution is 2.25. The minimum atomic E-state index is 0.0648. The van der Waals surface area contributed by atoms with E-state index in [1.165, 1.54) is 12.7 Å². The summed E-state index contributed by atoms with van der Waals surface area (Å²) in [5.41, 5.74) is 1.28. The summed E-state index contributed by atoms with van der Waals surface area (Å²) < 4.78 is 4.82. The van der Waals surface area contributed by atoms with Crippen molar-refractivity contribution in [1.82, 2.24) is 15.4 Å². The highest BCUT2D eigenvalue weighted by Gasteiger charge is 2.40. The van der Waals surface area contributed by atoms with Gasteiger partial charge in [-0.15, -0.1) is 0 Å². The van der Waals surface area contributed by atoms with Crippen molar-refractivity contribution in [3.8, 4) is 0 Å². The zero-order valence-corrected chi connectivity index (χ0v) is 9.27. The molecule has 0 spiro atoms. The van der Waals surface area contributed by atoms with Crippen LogP contribution < -0.4 is 5.32 Å². The Morgan fingerprint density at radius 1 is 1.69 bits per heavy atom. The number of rotatable bonds is 1. The van der Waals surface area contributed by atoms with Gasteiger partial charge in [0.2, 0.25) is 0 Å². The molecule has 2 aliphatic heterocycles. The van der Waals surface area contributed by atoms with Crippen molar-refractivity contribution in [3.63, 3.8) is 0 Å². The van der Waals surface area contributed by atoms with E-state index in [2.05, 4.69) is 10.5 Å². The molecule has 2 aliphatic rings. The Kier molecular flexibility index (Phi) is 2.21. The summed E-state index contributed by atoms with van der Waals surface area (Å²) in [4.78, 5) is 14.2. The first-order valence-corrected chi connectivity index (χ1v) is 5.72. The van der Waals surface area contributed by atoms with E-state index >= 15 is 0 Å². The van der Waals surface area contributed by atoms with Crippen LogP contribution in [0, 0.1) is 6.92 Å². The van der Waals surface area contributed by atoms with Crippen LogP contribution in [0.1, 0.15) is 28.9 Å². The summed E-state index contributed by atoms with van der Waals surface area (Å²) in [5.74, 6) is 0.0648. The molecule has 0 bridgehead atoms. The smallest absolute Gasteiger partial charge is 0.259 e. The first kappa shape index (κ1) is 9.84. The number of fused-ring (bicyclic) bond motifs is 1. The maximum Gasteiger partial charge on any atom is 0.259 e. The molecule has 1 aromatic heterocycles. The monoisotopic (exact) mass is 221 g/mol. The number of amides is 1. The van der Waals surface area contributed by atoms with Crippen LogP contribution in [0.25, 0.3) is 0 Å². The molecular formula is C11H15N3O2. The maximum absolute atomic E-state index is 12.3. The molecule has 16 heavy (non-hydrogen) atoms. The van der Waals surface area contributed by atoms with E-state index in [1.54, 1.807) is 6.92 Å². The van der Waals surface area contributed by atoms with Crippen LogP contribution in [-0.2, 0) is 0 Å². The van der Waals surface area contributed by atoms with Crippen LogP contribution >= 0.6 is 0 Å². The van der Waals surface area contributed by atoms with E-state index in [-0.39, 0.29) is 5.91 Å². The van der Waals surface area contributed by atoms with Gasteiger partial charge in [-0.3, -0.25) is 4.79 Å². The van der Waals surface area contributed by atoms with E-state index < -0.39 is 0 Å². The lowest BCUT2D eigenvalue weighted by atomic mass is 9.89. The van der Waals surface area contributed by atoms with Gasteiger partial charge >= 0.3 is 0 Å². The number of aryl methyl sites for hydroxylation is 1. The second-order valence-corrected chi connectivity index (χ2v) is 4.54. The molecule has 0 aliphatic carbocycles. The van der Waals surface area contributed by atoms with Crippen molar-refractivity contribution in [3.05, 3.63) is 17.5 Å². The van der Waals surface area contributed by atoms with Gasteiger partial charge in [0.25, 0.3) is 5.91 Å². The van der Waals surface area contributed by atoms with Crippen molar-refractivity contribution in [2.45, 2.75) is 31.8 Å². The molecule has 0 aromatic carbocycles. The number of carbonyl (C=O) groups is 1. The standard InChI is InChI=1S/C11H15N3O2/c1-7-8(6-16-13-7)11(15)14-4-2-3-9-10(14)5-12-9/h6,9-10,12H,2-5H2,1H3. The SMILES string of the molecule is Cc1nocc1C(=O)N1CCCC2NCC21. The molecule has 0 radical (unpaired) electrons. The lowest BCUT2D eigenvalue weighted by Crippen LogP contribution is -2.68. The molecule has 86 valence electrons. The Bertz CT molecular complexity index is 415. The number of nitrogens with zero attached hydrogens (tertiary/aromatic N) is 2. The number of likely N-dealkylation sites (tertiary alicyclic amines) is 1. The first-order valence-electron chi connectivity index (χ1n) is 5.72. The van der Waals surface area contributed by atoms with Crippen molar-refractivity contribution in [2.75, 3.05) is 13.1 Å². The number of hydrogen-bond acceptors (Lipinski definition) is 4. The van der Waals surface area contributed by atoms with Crippen LogP contribution in [0.15, 0.2) is 10.8 Å². The summed E-state index contributed by atoms with van der Waals surface area (Å²) in [7, 11) is 0. The molecule has 1 amide bonds. The fraction of sp³-hybridized carbons (Fsp3) is 0.636. The zero-order valence-electron chi connectivity index (χ0n) is 9.27. The summed E-state index contributed by atoms with van der Waals surface area (Å²) in [5, 5.41) is 7.12. The van der Waals surface area contributed by atoms with Gasteiger partial charge < -0.3 is 14.7 Å². The molecule has 1 aromatic rings. The molecule has 2 saturated heterocycles. The zero-order chi connectivity index (χ0) is 11.1. The van der Waals surface area contributed by atoms with Crippen molar-refractivity contribution >= 4 is 5.91 Å². The molecule has 5 nitrogen and oxygen atoms in total. The first-order chi connectivity index (χ1) is 7.77. The minimum absolute atomic E-state index is 0.0648. The highest BCUT2D eigenvalue weighted by molar-refractivity contribution is 5.95. The molecule has 3 heterocycles. The van der Waals surface area contributed by atoms with Gasteiger partial charge in [-0.05, 0) is 19.8 Å². The summed E-state index contributed by atoms with van der Waals surface area (Å²) in [6.45, 7) is 3.57. The van der Waals surface area contributed by atoms with E-state index in [0.717, 1.165) is 19.5 Å². The van der Waals surface area contributed by atoms with Gasteiger partial charge in [-0.1, -0.05) is 5.16 Å². The van der Waals surface area contributed by atoms with Gasteiger partial charge in [-0.2, -0.15) is 0 Å². The number of piperidine rings is 1. The molecule has 5 heteroatoms. The van der Waals surface area contributed by atoms with Crippen LogP contribution in [0.3, 0.4) is 0 Å². The van der Waals surface area contributed by atoms with Gasteiger partial charge in [0.1, 0.15) is 11.8 Å². The number of carbonyl (C=O) groups excluding carboxylic acids is 1. The average molecular weight is 221 g/mol. The fourth-order valence-electron chi connectivity index (χ4n) is 2.56. The minimum Gasteiger partial charge on any atom is -0.364 e. The third kappa shape index (κ3) is 1.35. The summed E-state index contributed by atoms with van der Waals surface area (Å²) >= 11 is 0. The average Bonchev–Trinajstić information content (AvgIpc) is 2.65. The Morgan fingerprint density at radius 2 is 2.56 bits per heavy atom. The largest absolute Gasteiger partial charge is 0.364 e. The Labute approximate surface area is 93.8 Å². The number of hydrogen-bond donors (Lipinski definition) is 1. The summed E-state index contributed by atoms with van der Waals surface area (Å²) in [6, 6.07) is 0.869. The van der Waals surface area contributed by atoms with Gasteiger partial charge in [0.05, 0.1) is 11.7 Å². The lowest BCUT2D eigenvalue weighted by Gasteiger charge is -2.48. The van der Waals surface area contributed by atoms with E-state index in [1.807, 2.05) is 4.90 Å². The van der Waals surface area contributed by atoms with Crippen LogP contribution in [0.2, 0.25) is 0 Å². The van der Waals surface area contributed by atoms with Gasteiger partial charge in [-0.25, -0.2) is 0 Å². The Morgan fingerprint density at radius 3 is 3.19 bits per heavy atom. The fourth-order valence-corrected chi connectivity index (χ4v) is 2.56. The third-order valence-electron chi connectivity index (χ3n) is 3.61. The third-order valence-corrected chi connectivity index (χ3v) is 3.61. The molecule has 2 unspecified atom stereocenters. The van der Waals surface area contributed by atoms with Crippen LogP contribution in [-0.4, -0.2) is 41.1 Å². The predicted molar refractivity (Wildman–Crippen MR) is 57.1 cm³/mol. The quantitative estimate of drug-likeness (QED) is 0.752. The van der Waals surface area contributed by atoms with Gasteiger partial charge in [0.15, 0.2) is 0 Å². The molecule has 0 saturated carbocycles. The molecule has 1 N–H and O–H groups in total. The normalized spacial score (nSPS) is 28.4. The maximum atomic E-state index is 12.3. The molecule has 3 rings (SSSR count). The highest BCUT2D eigenvalue weighted by atomic mass is 16.5. The topological polar surface area (TPSA) is 58.4 Å². The van der Waals surface area contributed by atoms with Crippen LogP contribution in [0.4, 0.5) is 0 Å². The van der Waals surface area contributed by atoms with E-state index in [9.17, 15) is 4.79 Å². The Balaban J connectivity index is 1.82. The van der Waals surface area contributed by atoms with E-state index in [4.69, 9.17) is 4.52 Å². The number of nitrogens with one attached hydrogen (secondary N) is 1. The second-order valence-electron chi connectivity index (χ2n) is 4.54. The van der Waals surface area contributed by atoms with Gasteiger partial charge in [0, 0.05) is 19.1 Å². The van der Waals surface area contributed by atoms with Crippen LogP contribution in [0.5, 0.6) is 0 Å². The van der Waals surface area contributed by atoms with E-state index in [0.29, 0.717) is 23.3 Å². The van der Waals surface area contributed by atoms with Crippen molar-refractivity contribution in [2.24, 2.45) is 0 Å². The van der Waals surface area contributed by atoms with Crippen molar-refractivity contribution in [1.29, 1.82) is 0 Å². The summed E-state index contributed by atoms with van der Waals surface area (Å²) in [6.07, 6.45) is 3.70. The molecule has 2 atom stereocenters. The van der Waals surface area contributed by atoms with Crippen molar-refractivity contribution < 1.29 is 9.32 Å². The second kappa shape index (κ2) is 3.59. The Hall–Kier alpha value is -1.36.